The summed E-state index contributed by atoms with van der Waals surface area (Å²) in [7, 11) is -2.09. The van der Waals surface area contributed by atoms with E-state index in [1.54, 1.807) is 6.07 Å². The van der Waals surface area contributed by atoms with Gasteiger partial charge in [-0.25, -0.2) is 13.3 Å². The molecule has 0 spiro atoms. The molecule has 1 fully saturated rings. The molecule has 1 aromatic carbocycles. The fourth-order valence-electron chi connectivity index (χ4n) is 2.59. The second kappa shape index (κ2) is 6.17. The molecule has 1 aliphatic rings. The Kier molecular flexibility index (Phi) is 4.22. The van der Waals surface area contributed by atoms with Gasteiger partial charge in [0, 0.05) is 44.6 Å². The molecular weight excluding hydrogens is 323 g/mol. The Bertz CT molecular complexity index is 771. The molecule has 1 aliphatic heterocycles. The number of benzene rings is 1. The van der Waals surface area contributed by atoms with Crippen molar-refractivity contribution in [3.8, 4) is 5.75 Å². The van der Waals surface area contributed by atoms with E-state index < -0.39 is 10.2 Å². The van der Waals surface area contributed by atoms with Crippen LogP contribution in [0.2, 0.25) is 0 Å². The van der Waals surface area contributed by atoms with Gasteiger partial charge in [-0.15, -0.1) is 0 Å². The molecule has 0 aliphatic carbocycles. The maximum absolute atomic E-state index is 13.3. The Labute approximate surface area is 134 Å². The Morgan fingerprint density at radius 3 is 2.57 bits per heavy atom. The molecule has 2 aromatic rings. The van der Waals surface area contributed by atoms with E-state index in [1.165, 1.54) is 42.3 Å². The molecule has 1 aromatic heterocycles. The summed E-state index contributed by atoms with van der Waals surface area (Å²) in [5.74, 6) is 0.0721. The molecule has 0 radical (unpaired) electrons. The summed E-state index contributed by atoms with van der Waals surface area (Å²) in [4.78, 5) is 5.76. The number of ether oxygens (including phenoxy) is 1. The molecule has 124 valence electrons. The summed E-state index contributed by atoms with van der Waals surface area (Å²) in [6.07, 6.45) is 4.10. The average molecular weight is 340 g/mol. The second-order valence-electron chi connectivity index (χ2n) is 5.10. The molecule has 0 bridgehead atoms. The summed E-state index contributed by atoms with van der Waals surface area (Å²) in [5.41, 5.74) is 0.758. The highest BCUT2D eigenvalue weighted by molar-refractivity contribution is 7.87. The van der Waals surface area contributed by atoms with E-state index in [1.807, 2.05) is 4.90 Å². The van der Waals surface area contributed by atoms with Crippen LogP contribution < -0.4 is 9.64 Å². The molecule has 3 rings (SSSR count). The minimum Gasteiger partial charge on any atom is -0.494 e. The van der Waals surface area contributed by atoms with Crippen molar-refractivity contribution in [1.29, 1.82) is 0 Å². The van der Waals surface area contributed by atoms with E-state index in [-0.39, 0.29) is 5.82 Å². The Morgan fingerprint density at radius 2 is 1.96 bits per heavy atom. The third-order valence-corrected chi connectivity index (χ3v) is 5.56. The first-order valence-corrected chi connectivity index (χ1v) is 8.49. The topological polar surface area (TPSA) is 67.7 Å². The van der Waals surface area contributed by atoms with Gasteiger partial charge in [0.2, 0.25) is 0 Å². The molecule has 7 nitrogen and oxygen atoms in total. The number of hydrogen-bond acceptors (Lipinski definition) is 5. The maximum Gasteiger partial charge on any atom is 0.308 e. The molecule has 23 heavy (non-hydrogen) atoms. The summed E-state index contributed by atoms with van der Waals surface area (Å²) < 4.78 is 45.8. The van der Waals surface area contributed by atoms with E-state index in [2.05, 4.69) is 4.98 Å². The quantitative estimate of drug-likeness (QED) is 0.829. The van der Waals surface area contributed by atoms with Crippen molar-refractivity contribution < 1.29 is 17.5 Å². The number of piperazine rings is 1. The number of hydrogen-bond donors (Lipinski definition) is 0. The van der Waals surface area contributed by atoms with Crippen LogP contribution in [0.5, 0.6) is 5.75 Å². The van der Waals surface area contributed by atoms with Crippen LogP contribution in [-0.4, -0.2) is 55.0 Å². The highest BCUT2D eigenvalue weighted by atomic mass is 32.2. The zero-order valence-corrected chi connectivity index (χ0v) is 13.4. The predicted molar refractivity (Wildman–Crippen MR) is 83.3 cm³/mol. The molecule has 0 atom stereocenters. The molecule has 0 amide bonds. The van der Waals surface area contributed by atoms with Crippen LogP contribution in [0.25, 0.3) is 0 Å². The van der Waals surface area contributed by atoms with Crippen LogP contribution in [0.1, 0.15) is 0 Å². The smallest absolute Gasteiger partial charge is 0.308 e. The lowest BCUT2D eigenvalue weighted by molar-refractivity contribution is 0.374. The van der Waals surface area contributed by atoms with Crippen molar-refractivity contribution >= 4 is 15.9 Å². The fraction of sp³-hybridized carbons (Fsp3) is 0.357. The van der Waals surface area contributed by atoms with Gasteiger partial charge in [0.25, 0.3) is 0 Å². The third-order valence-electron chi connectivity index (χ3n) is 3.79. The van der Waals surface area contributed by atoms with Gasteiger partial charge in [-0.05, 0) is 12.1 Å². The van der Waals surface area contributed by atoms with Crippen LogP contribution in [0, 0.1) is 5.82 Å². The summed E-state index contributed by atoms with van der Waals surface area (Å²) in [6.45, 7) is 1.66. The lowest BCUT2D eigenvalue weighted by Gasteiger charge is -2.35. The van der Waals surface area contributed by atoms with Crippen molar-refractivity contribution in [3.63, 3.8) is 0 Å². The number of aromatic nitrogens is 2. The first-order valence-electron chi connectivity index (χ1n) is 7.09. The molecule has 0 unspecified atom stereocenters. The highest BCUT2D eigenvalue weighted by Crippen LogP contribution is 2.30. The molecular formula is C14H17FN4O3S. The van der Waals surface area contributed by atoms with Gasteiger partial charge in [0.1, 0.15) is 17.9 Å². The first-order chi connectivity index (χ1) is 11.0. The lowest BCUT2D eigenvalue weighted by Crippen LogP contribution is -2.50. The van der Waals surface area contributed by atoms with Crippen LogP contribution in [-0.2, 0) is 10.2 Å². The average Bonchev–Trinajstić information content (AvgIpc) is 3.10. The number of nitrogens with zero attached hydrogens (tertiary/aromatic N) is 4. The van der Waals surface area contributed by atoms with Gasteiger partial charge in [-0.1, -0.05) is 0 Å². The Hall–Kier alpha value is -2.13. The number of imidazole rings is 1. The SMILES string of the molecule is COc1cc(F)ccc1N1CCN(S(=O)(=O)n2ccnc2)CC1. The van der Waals surface area contributed by atoms with Crippen LogP contribution >= 0.6 is 0 Å². The van der Waals surface area contributed by atoms with E-state index in [4.69, 9.17) is 4.74 Å². The number of halogens is 1. The number of methoxy groups -OCH3 is 1. The second-order valence-corrected chi connectivity index (χ2v) is 6.94. The molecule has 9 heteroatoms. The molecule has 0 N–H and O–H groups in total. The van der Waals surface area contributed by atoms with Gasteiger partial charge in [0.15, 0.2) is 0 Å². The van der Waals surface area contributed by atoms with Gasteiger partial charge >= 0.3 is 10.2 Å². The summed E-state index contributed by atoms with van der Waals surface area (Å²) in [6, 6.07) is 4.34. The third kappa shape index (κ3) is 3.02. The van der Waals surface area contributed by atoms with Gasteiger partial charge in [-0.3, -0.25) is 0 Å². The Morgan fingerprint density at radius 1 is 1.22 bits per heavy atom. The number of anilines is 1. The first kappa shape index (κ1) is 15.8. The van der Waals surface area contributed by atoms with Crippen molar-refractivity contribution in [2.45, 2.75) is 0 Å². The standard InChI is InChI=1S/C14H17FN4O3S/c1-22-14-10-12(15)2-3-13(14)17-6-8-18(9-7-17)23(20,21)19-5-4-16-11-19/h2-5,10-11H,6-9H2,1H3. The zero-order valence-electron chi connectivity index (χ0n) is 12.6. The Balaban J connectivity index is 1.74. The van der Waals surface area contributed by atoms with Gasteiger partial charge < -0.3 is 9.64 Å². The van der Waals surface area contributed by atoms with Crippen LogP contribution in [0.4, 0.5) is 10.1 Å². The minimum atomic E-state index is -3.58. The van der Waals surface area contributed by atoms with Gasteiger partial charge in [-0.2, -0.15) is 12.7 Å². The lowest BCUT2D eigenvalue weighted by atomic mass is 10.2. The summed E-state index contributed by atoms with van der Waals surface area (Å²) >= 11 is 0. The zero-order chi connectivity index (χ0) is 16.4. The number of rotatable bonds is 4. The van der Waals surface area contributed by atoms with E-state index in [0.29, 0.717) is 31.9 Å². The van der Waals surface area contributed by atoms with Crippen molar-refractivity contribution in [3.05, 3.63) is 42.7 Å². The highest BCUT2D eigenvalue weighted by Gasteiger charge is 2.29. The van der Waals surface area contributed by atoms with E-state index in [0.717, 1.165) is 9.66 Å². The van der Waals surface area contributed by atoms with Crippen LogP contribution in [0.3, 0.4) is 0 Å². The molecule has 2 heterocycles. The summed E-state index contributed by atoms with van der Waals surface area (Å²) in [5, 5.41) is 0. The monoisotopic (exact) mass is 340 g/mol. The van der Waals surface area contributed by atoms with Crippen molar-refractivity contribution in [2.24, 2.45) is 0 Å². The van der Waals surface area contributed by atoms with Crippen molar-refractivity contribution in [1.82, 2.24) is 13.3 Å². The minimum absolute atomic E-state index is 0.334. The molecule has 1 saturated heterocycles. The van der Waals surface area contributed by atoms with Crippen molar-refractivity contribution in [2.75, 3.05) is 38.2 Å². The largest absolute Gasteiger partial charge is 0.494 e. The van der Waals surface area contributed by atoms with E-state index in [9.17, 15) is 12.8 Å². The van der Waals surface area contributed by atoms with E-state index >= 15 is 0 Å². The maximum atomic E-state index is 13.3. The van der Waals surface area contributed by atoms with Gasteiger partial charge in [0.05, 0.1) is 12.8 Å². The predicted octanol–water partition coefficient (Wildman–Crippen LogP) is 0.946. The normalized spacial score (nSPS) is 16.5. The van der Waals surface area contributed by atoms with Crippen LogP contribution in [0.15, 0.2) is 36.9 Å². The fourth-order valence-corrected chi connectivity index (χ4v) is 3.86. The molecule has 0 saturated carbocycles.